The van der Waals surface area contributed by atoms with E-state index in [1.54, 1.807) is 6.08 Å². The highest BCUT2D eigenvalue weighted by Crippen LogP contribution is 2.34. The summed E-state index contributed by atoms with van der Waals surface area (Å²) in [4.78, 5) is 0. The molecule has 0 radical (unpaired) electrons. The van der Waals surface area contributed by atoms with Crippen molar-refractivity contribution in [3.05, 3.63) is 47.3 Å². The van der Waals surface area contributed by atoms with E-state index in [0.717, 1.165) is 50.0 Å². The number of rotatable bonds is 6. The zero-order valence-corrected chi connectivity index (χ0v) is 18.2. The molecule has 0 spiro atoms. The van der Waals surface area contributed by atoms with Crippen molar-refractivity contribution >= 4 is 0 Å². The first-order chi connectivity index (χ1) is 14.6. The van der Waals surface area contributed by atoms with E-state index in [1.807, 2.05) is 0 Å². The van der Waals surface area contributed by atoms with Crippen molar-refractivity contribution in [3.8, 4) is 11.8 Å². The lowest BCUT2D eigenvalue weighted by atomic mass is 9.78. The maximum Gasteiger partial charge on any atom is 0.142 e. The first kappa shape index (κ1) is 23.0. The molecule has 0 aromatic heterocycles. The molecule has 0 atom stereocenters. The fourth-order valence-corrected chi connectivity index (χ4v) is 5.21. The second-order valence-electron chi connectivity index (χ2n) is 9.35. The second kappa shape index (κ2) is 11.6. The van der Waals surface area contributed by atoms with Gasteiger partial charge in [-0.3, -0.25) is 0 Å². The molecule has 0 nitrogen and oxygen atoms in total. The molecule has 2 saturated carbocycles. The zero-order chi connectivity index (χ0) is 21.3. The van der Waals surface area contributed by atoms with E-state index in [-0.39, 0.29) is 17.4 Å². The van der Waals surface area contributed by atoms with Crippen molar-refractivity contribution in [1.82, 2.24) is 0 Å². The zero-order valence-electron chi connectivity index (χ0n) is 18.2. The SMILES string of the molecule is CCCC1CCC(CCc2cc(F)c(C#CC3CCC(C=CF)CC3)c(F)c2)CC1. The Bertz CT molecular complexity index is 731. The van der Waals surface area contributed by atoms with Crippen LogP contribution in [0.2, 0.25) is 0 Å². The van der Waals surface area contributed by atoms with Crippen molar-refractivity contribution in [3.63, 3.8) is 0 Å². The molecule has 0 heterocycles. The van der Waals surface area contributed by atoms with Crippen LogP contribution in [0.1, 0.15) is 88.7 Å². The number of hydrogen-bond acceptors (Lipinski definition) is 0. The maximum atomic E-state index is 14.5. The number of halogens is 3. The fourth-order valence-electron chi connectivity index (χ4n) is 5.21. The average molecular weight is 417 g/mol. The van der Waals surface area contributed by atoms with Gasteiger partial charge in [-0.25, -0.2) is 13.2 Å². The minimum atomic E-state index is -0.543. The van der Waals surface area contributed by atoms with Gasteiger partial charge in [0.25, 0.3) is 0 Å². The van der Waals surface area contributed by atoms with E-state index < -0.39 is 11.6 Å². The average Bonchev–Trinajstić information content (AvgIpc) is 2.74. The molecule has 2 aliphatic carbocycles. The van der Waals surface area contributed by atoms with E-state index in [4.69, 9.17) is 0 Å². The van der Waals surface area contributed by atoms with Crippen molar-refractivity contribution in [2.75, 3.05) is 0 Å². The summed E-state index contributed by atoms with van der Waals surface area (Å²) in [7, 11) is 0. The summed E-state index contributed by atoms with van der Waals surface area (Å²) in [6, 6.07) is 2.94. The first-order valence-electron chi connectivity index (χ1n) is 11.8. The molecule has 1 aromatic rings. The summed E-state index contributed by atoms with van der Waals surface area (Å²) in [6.07, 6.45) is 15.1. The monoisotopic (exact) mass is 416 g/mol. The highest BCUT2D eigenvalue weighted by atomic mass is 19.1. The Morgan fingerprint density at radius 1 is 0.900 bits per heavy atom. The molecule has 0 amide bonds. The van der Waals surface area contributed by atoms with E-state index in [1.165, 1.54) is 50.7 Å². The van der Waals surface area contributed by atoms with Crippen LogP contribution in [0, 0.1) is 47.1 Å². The Balaban J connectivity index is 1.52. The molecule has 2 fully saturated rings. The van der Waals surface area contributed by atoms with Gasteiger partial charge in [-0.2, -0.15) is 0 Å². The Hall–Kier alpha value is -1.69. The van der Waals surface area contributed by atoms with E-state index >= 15 is 0 Å². The van der Waals surface area contributed by atoms with Crippen molar-refractivity contribution in [2.45, 2.75) is 84.0 Å². The molecule has 2 aliphatic rings. The molecular formula is C27H35F3. The molecule has 0 bridgehead atoms. The van der Waals surface area contributed by atoms with Gasteiger partial charge in [0.15, 0.2) is 0 Å². The fraction of sp³-hybridized carbons (Fsp3) is 0.630. The van der Waals surface area contributed by atoms with Crippen LogP contribution in [0.5, 0.6) is 0 Å². The lowest BCUT2D eigenvalue weighted by molar-refractivity contribution is 0.252. The highest BCUT2D eigenvalue weighted by Gasteiger charge is 2.21. The minimum absolute atomic E-state index is 0.107. The Kier molecular flexibility index (Phi) is 8.91. The quantitative estimate of drug-likeness (QED) is 0.411. The summed E-state index contributed by atoms with van der Waals surface area (Å²) in [5.74, 6) is 6.69. The number of hydrogen-bond donors (Lipinski definition) is 0. The predicted octanol–water partition coefficient (Wildman–Crippen LogP) is 8.15. The van der Waals surface area contributed by atoms with Crippen molar-refractivity contribution < 1.29 is 13.2 Å². The first-order valence-corrected chi connectivity index (χ1v) is 11.8. The molecule has 3 heteroatoms. The van der Waals surface area contributed by atoms with Gasteiger partial charge >= 0.3 is 0 Å². The molecule has 0 unspecified atom stereocenters. The second-order valence-corrected chi connectivity index (χ2v) is 9.35. The van der Waals surface area contributed by atoms with E-state index in [0.29, 0.717) is 12.2 Å². The summed E-state index contributed by atoms with van der Waals surface area (Å²) in [6.45, 7) is 2.25. The van der Waals surface area contributed by atoms with Crippen LogP contribution in [0.25, 0.3) is 0 Å². The van der Waals surface area contributed by atoms with Gasteiger partial charge in [0.2, 0.25) is 0 Å². The van der Waals surface area contributed by atoms with Crippen molar-refractivity contribution in [1.29, 1.82) is 0 Å². The molecule has 0 N–H and O–H groups in total. The van der Waals surface area contributed by atoms with Gasteiger partial charge in [0, 0.05) is 5.92 Å². The lowest BCUT2D eigenvalue weighted by Crippen LogP contribution is -2.15. The molecular weight excluding hydrogens is 381 g/mol. The van der Waals surface area contributed by atoms with Gasteiger partial charge in [-0.1, -0.05) is 63.4 Å². The third-order valence-electron chi connectivity index (χ3n) is 7.12. The molecule has 1 aromatic carbocycles. The third-order valence-corrected chi connectivity index (χ3v) is 7.12. The number of aryl methyl sites for hydroxylation is 1. The van der Waals surface area contributed by atoms with Crippen LogP contribution in [-0.2, 0) is 6.42 Å². The highest BCUT2D eigenvalue weighted by molar-refractivity contribution is 5.39. The van der Waals surface area contributed by atoms with Crippen LogP contribution in [0.4, 0.5) is 13.2 Å². The smallest absolute Gasteiger partial charge is 0.142 e. The van der Waals surface area contributed by atoms with Gasteiger partial charge in [-0.15, -0.1) is 0 Å². The summed E-state index contributed by atoms with van der Waals surface area (Å²) < 4.78 is 41.3. The number of benzene rings is 1. The minimum Gasteiger partial charge on any atom is -0.216 e. The largest absolute Gasteiger partial charge is 0.216 e. The molecule has 164 valence electrons. The molecule has 0 aliphatic heterocycles. The Morgan fingerprint density at radius 3 is 2.07 bits per heavy atom. The van der Waals surface area contributed by atoms with Gasteiger partial charge in [0.1, 0.15) is 11.6 Å². The van der Waals surface area contributed by atoms with Gasteiger partial charge in [0.05, 0.1) is 11.9 Å². The normalized spacial score (nSPS) is 27.1. The van der Waals surface area contributed by atoms with Crippen LogP contribution in [-0.4, -0.2) is 0 Å². The summed E-state index contributed by atoms with van der Waals surface area (Å²) in [5, 5.41) is 0. The predicted molar refractivity (Wildman–Crippen MR) is 118 cm³/mol. The topological polar surface area (TPSA) is 0 Å². The standard InChI is InChI=1S/C27H35F3/c1-2-3-20-4-6-21(7-5-20)12-13-24-18-26(29)25(27(30)19-24)15-14-22-8-10-23(11-9-22)16-17-28/h16-23H,2-13H2,1H3. The summed E-state index contributed by atoms with van der Waals surface area (Å²) >= 11 is 0. The summed E-state index contributed by atoms with van der Waals surface area (Å²) in [5.41, 5.74) is 0.634. The Labute approximate surface area is 180 Å². The van der Waals surface area contributed by atoms with Crippen LogP contribution in [0.15, 0.2) is 24.5 Å². The van der Waals surface area contributed by atoms with Gasteiger partial charge in [-0.05, 0) is 74.0 Å². The molecule has 0 saturated heterocycles. The third kappa shape index (κ3) is 6.66. The maximum absolute atomic E-state index is 14.5. The lowest BCUT2D eigenvalue weighted by Gasteiger charge is -2.28. The number of allylic oxidation sites excluding steroid dienone is 1. The Morgan fingerprint density at radius 2 is 1.50 bits per heavy atom. The van der Waals surface area contributed by atoms with E-state index in [2.05, 4.69) is 18.8 Å². The van der Waals surface area contributed by atoms with Gasteiger partial charge < -0.3 is 0 Å². The van der Waals surface area contributed by atoms with Crippen molar-refractivity contribution in [2.24, 2.45) is 23.7 Å². The van der Waals surface area contributed by atoms with Crippen LogP contribution in [0.3, 0.4) is 0 Å². The van der Waals surface area contributed by atoms with E-state index in [9.17, 15) is 13.2 Å². The van der Waals surface area contributed by atoms with Crippen LogP contribution >= 0.6 is 0 Å². The molecule has 3 rings (SSSR count). The van der Waals surface area contributed by atoms with Crippen LogP contribution < -0.4 is 0 Å². The molecule has 30 heavy (non-hydrogen) atoms.